The summed E-state index contributed by atoms with van der Waals surface area (Å²) < 4.78 is 77.4. The molecule has 3 heteroatoms. The molecule has 12 rings (SSSR count). The van der Waals surface area contributed by atoms with Gasteiger partial charge in [-0.25, -0.2) is 0 Å². The monoisotopic (exact) mass is 724 g/mol. The lowest BCUT2D eigenvalue weighted by Crippen LogP contribution is -2.10. The molecule has 0 unspecified atom stereocenters. The van der Waals surface area contributed by atoms with E-state index in [4.69, 9.17) is 15.4 Å². The molecular weight excluding hydrogens is 681 g/mol. The predicted octanol–water partition coefficient (Wildman–Crippen LogP) is 15.2. The lowest BCUT2D eigenvalue weighted by molar-refractivity contribution is 0.669. The summed E-state index contributed by atoms with van der Waals surface area (Å²) in [5.74, 6) is 0.401. The van der Waals surface area contributed by atoms with Crippen molar-refractivity contribution >= 4 is 82.4 Å². The highest BCUT2D eigenvalue weighted by Gasteiger charge is 2.25. The zero-order chi connectivity index (χ0) is 44.0. The Morgan fingerprint density at radius 1 is 0.482 bits per heavy atom. The number of aromatic nitrogens is 1. The first-order chi connectivity index (χ1) is 30.9. The van der Waals surface area contributed by atoms with Crippen LogP contribution < -0.4 is 4.90 Å². The molecule has 0 bridgehead atoms. The van der Waals surface area contributed by atoms with Crippen molar-refractivity contribution in [3.8, 4) is 27.9 Å². The van der Waals surface area contributed by atoms with Crippen molar-refractivity contribution in [3.05, 3.63) is 181 Å². The zero-order valence-electron chi connectivity index (χ0n) is 38.5. The molecule has 0 atom stereocenters. The molecule has 0 amide bonds. The fourth-order valence-corrected chi connectivity index (χ4v) is 8.67. The Morgan fingerprint density at radius 2 is 1.04 bits per heavy atom. The van der Waals surface area contributed by atoms with Crippen LogP contribution in [0.1, 0.15) is 36.3 Å². The lowest BCUT2D eigenvalue weighted by atomic mass is 9.78. The minimum atomic E-state index is -0.461. The maximum absolute atomic E-state index is 8.96. The average molecular weight is 725 g/mol. The SMILES string of the molecule is [2H]c1c([2H])c([2H])c2c(c1[2H])c1c([2H])c([2H])c([2H])c([2H])c1n2-c1ccc2cc3c(cc2c1)-c1cc2cc(N(c4ccc(C(C)C)cc4)c4ccc5c(c4)oc4ccccc45)ccc2cc1-3. The Morgan fingerprint density at radius 3 is 1.73 bits per heavy atom. The van der Waals surface area contributed by atoms with Crippen LogP contribution in [-0.2, 0) is 0 Å². The van der Waals surface area contributed by atoms with Gasteiger partial charge in [-0.2, -0.15) is 0 Å². The van der Waals surface area contributed by atoms with Gasteiger partial charge < -0.3 is 13.9 Å². The molecular formula is C53H36N2O. The Kier molecular flexibility index (Phi) is 5.08. The summed E-state index contributed by atoms with van der Waals surface area (Å²) in [5, 5.41) is 6.32. The fourth-order valence-electron chi connectivity index (χ4n) is 8.67. The van der Waals surface area contributed by atoms with E-state index in [2.05, 4.69) is 110 Å². The van der Waals surface area contributed by atoms with Crippen LogP contribution in [0.25, 0.3) is 93.2 Å². The number of hydrogen-bond acceptors (Lipinski definition) is 2. The quantitative estimate of drug-likeness (QED) is 0.176. The highest BCUT2D eigenvalue weighted by Crippen LogP contribution is 2.51. The molecule has 11 aromatic rings. The van der Waals surface area contributed by atoms with Crippen LogP contribution in [0.2, 0.25) is 0 Å². The van der Waals surface area contributed by atoms with Crippen LogP contribution >= 0.6 is 0 Å². The first-order valence-corrected chi connectivity index (χ1v) is 18.9. The van der Waals surface area contributed by atoms with Crippen LogP contribution in [0, 0.1) is 0 Å². The molecule has 9 aromatic carbocycles. The molecule has 1 aliphatic carbocycles. The maximum atomic E-state index is 8.96. The van der Waals surface area contributed by atoms with Gasteiger partial charge in [0.15, 0.2) is 0 Å². The van der Waals surface area contributed by atoms with Crippen molar-refractivity contribution in [2.45, 2.75) is 19.8 Å². The molecule has 2 aromatic heterocycles. The molecule has 0 radical (unpaired) electrons. The lowest BCUT2D eigenvalue weighted by Gasteiger charge is -2.28. The largest absolute Gasteiger partial charge is 0.456 e. The number of para-hydroxylation sites is 3. The summed E-state index contributed by atoms with van der Waals surface area (Å²) in [7, 11) is 0. The third kappa shape index (κ3) is 4.58. The van der Waals surface area contributed by atoms with Crippen LogP contribution in [0.3, 0.4) is 0 Å². The zero-order valence-corrected chi connectivity index (χ0v) is 30.5. The minimum absolute atomic E-state index is 0.0617. The summed E-state index contributed by atoms with van der Waals surface area (Å²) in [5.41, 5.74) is 11.2. The summed E-state index contributed by atoms with van der Waals surface area (Å²) >= 11 is 0. The Labute approximate surface area is 335 Å². The molecule has 56 heavy (non-hydrogen) atoms. The highest BCUT2D eigenvalue weighted by molar-refractivity contribution is 6.13. The van der Waals surface area contributed by atoms with Gasteiger partial charge in [0.05, 0.1) is 22.0 Å². The summed E-state index contributed by atoms with van der Waals surface area (Å²) in [6, 6.07) is 41.2. The topological polar surface area (TPSA) is 21.3 Å². The number of anilines is 3. The van der Waals surface area contributed by atoms with E-state index in [0.29, 0.717) is 11.6 Å². The number of fused-ring (bicyclic) bond motifs is 12. The van der Waals surface area contributed by atoms with E-state index in [-0.39, 0.29) is 46.0 Å². The van der Waals surface area contributed by atoms with Gasteiger partial charge in [-0.1, -0.05) is 92.6 Å². The van der Waals surface area contributed by atoms with Gasteiger partial charge in [0.1, 0.15) is 11.2 Å². The first kappa shape index (κ1) is 24.3. The van der Waals surface area contributed by atoms with E-state index in [1.54, 1.807) is 4.57 Å². The van der Waals surface area contributed by atoms with Gasteiger partial charge in [0.25, 0.3) is 0 Å². The molecule has 0 saturated heterocycles. The van der Waals surface area contributed by atoms with Crippen LogP contribution in [0.5, 0.6) is 0 Å². The van der Waals surface area contributed by atoms with Crippen molar-refractivity contribution in [3.63, 3.8) is 0 Å². The molecule has 2 heterocycles. The number of furan rings is 1. The van der Waals surface area contributed by atoms with Gasteiger partial charge in [-0.3, -0.25) is 0 Å². The molecule has 0 saturated carbocycles. The van der Waals surface area contributed by atoms with Crippen molar-refractivity contribution < 1.29 is 15.4 Å². The van der Waals surface area contributed by atoms with E-state index in [1.807, 2.05) is 36.4 Å². The van der Waals surface area contributed by atoms with E-state index in [1.165, 1.54) is 5.56 Å². The number of nitrogens with zero attached hydrogens (tertiary/aromatic N) is 2. The maximum Gasteiger partial charge on any atom is 0.137 e. The molecule has 264 valence electrons. The molecule has 0 spiro atoms. The van der Waals surface area contributed by atoms with Crippen LogP contribution in [0.4, 0.5) is 17.1 Å². The summed E-state index contributed by atoms with van der Waals surface area (Å²) in [4.78, 5) is 2.27. The number of benzene rings is 9. The van der Waals surface area contributed by atoms with E-state index in [0.717, 1.165) is 82.8 Å². The highest BCUT2D eigenvalue weighted by atomic mass is 16.3. The molecule has 0 N–H and O–H groups in total. The van der Waals surface area contributed by atoms with Crippen LogP contribution in [-0.4, -0.2) is 4.57 Å². The average Bonchev–Trinajstić information content (AvgIpc) is 3.87. The van der Waals surface area contributed by atoms with Crippen molar-refractivity contribution in [2.24, 2.45) is 0 Å². The molecule has 0 fully saturated rings. The third-order valence-electron chi connectivity index (χ3n) is 11.5. The summed E-state index contributed by atoms with van der Waals surface area (Å²) in [6.45, 7) is 4.40. The molecule has 3 nitrogen and oxygen atoms in total. The van der Waals surface area contributed by atoms with Crippen molar-refractivity contribution in [1.29, 1.82) is 0 Å². The van der Waals surface area contributed by atoms with E-state index >= 15 is 0 Å². The van der Waals surface area contributed by atoms with Crippen molar-refractivity contribution in [1.82, 2.24) is 4.57 Å². The molecule has 1 aliphatic rings. The minimum Gasteiger partial charge on any atom is -0.456 e. The Hall–Kier alpha value is -7.10. The van der Waals surface area contributed by atoms with Gasteiger partial charge in [-0.05, 0) is 146 Å². The second kappa shape index (κ2) is 11.7. The van der Waals surface area contributed by atoms with Gasteiger partial charge in [0.2, 0.25) is 0 Å². The summed E-state index contributed by atoms with van der Waals surface area (Å²) in [6.07, 6.45) is 0. The third-order valence-corrected chi connectivity index (χ3v) is 11.5. The van der Waals surface area contributed by atoms with Crippen molar-refractivity contribution in [2.75, 3.05) is 4.90 Å². The second-order valence-electron chi connectivity index (χ2n) is 15.0. The van der Waals surface area contributed by atoms with Crippen LogP contribution in [0.15, 0.2) is 180 Å². The smallest absolute Gasteiger partial charge is 0.137 e. The number of rotatable bonds is 5. The van der Waals surface area contributed by atoms with E-state index in [9.17, 15) is 0 Å². The normalized spacial score (nSPS) is 14.3. The number of hydrogen-bond donors (Lipinski definition) is 0. The second-order valence-corrected chi connectivity index (χ2v) is 15.0. The van der Waals surface area contributed by atoms with Gasteiger partial charge in [-0.15, -0.1) is 0 Å². The predicted molar refractivity (Wildman–Crippen MR) is 236 cm³/mol. The fraction of sp³-hybridized carbons (Fsp3) is 0.0566. The molecule has 0 aliphatic heterocycles. The Balaban J connectivity index is 0.995. The first-order valence-electron chi connectivity index (χ1n) is 22.9. The Bertz CT molecular complexity index is 3790. The van der Waals surface area contributed by atoms with E-state index < -0.39 is 24.2 Å². The standard InChI is InChI=1S/C53H36N2O/c1-32(2)33-15-19-38(20-16-33)54(41-23-24-45-44-11-5-8-14-52(44)56-53(45)31-41)39-21-17-34-27-46-47-28-35-18-22-40(26-37(35)30-49(47)48(46)29-36(34)25-39)55-50-12-6-3-9-42(50)43-10-4-7-13-51(43)55/h3-32H,1-2H3/i3D,4D,6D,7D,9D,10D,12D,13D. The van der Waals surface area contributed by atoms with Gasteiger partial charge >= 0.3 is 0 Å². The van der Waals surface area contributed by atoms with Gasteiger partial charge in [0, 0.05) is 50.4 Å².